The van der Waals surface area contributed by atoms with Crippen molar-refractivity contribution in [2.24, 2.45) is 0 Å². The Labute approximate surface area is 77.1 Å². The first-order valence-electron chi connectivity index (χ1n) is 4.62. The molecule has 2 heteroatoms. The lowest BCUT2D eigenvalue weighted by molar-refractivity contribution is -0.120. The molecule has 0 rings (SSSR count). The predicted molar refractivity (Wildman–Crippen MR) is 55.9 cm³/mol. The van der Waals surface area contributed by atoms with Crippen LogP contribution in [0.5, 0.6) is 0 Å². The summed E-state index contributed by atoms with van der Waals surface area (Å²) in [6, 6.07) is 0. The van der Waals surface area contributed by atoms with Crippen LogP contribution >= 0.6 is 0 Å². The van der Waals surface area contributed by atoms with E-state index in [-0.39, 0.29) is 5.91 Å². The zero-order valence-corrected chi connectivity index (χ0v) is 9.32. The van der Waals surface area contributed by atoms with Crippen LogP contribution in [0.2, 0.25) is 0 Å². The van der Waals surface area contributed by atoms with Crippen molar-refractivity contribution in [3.05, 3.63) is 12.3 Å². The second kappa shape index (κ2) is 16.7. The molecule has 0 aliphatic rings. The van der Waals surface area contributed by atoms with Gasteiger partial charge >= 0.3 is 0 Å². The summed E-state index contributed by atoms with van der Waals surface area (Å²) in [4.78, 5) is 10.5. The maximum Gasteiger partial charge on any atom is 0.223 e. The van der Waals surface area contributed by atoms with Crippen LogP contribution in [-0.4, -0.2) is 5.91 Å². The van der Waals surface area contributed by atoms with Gasteiger partial charge < -0.3 is 5.32 Å². The van der Waals surface area contributed by atoms with Crippen molar-refractivity contribution in [3.63, 3.8) is 0 Å². The molecule has 0 aromatic carbocycles. The third-order valence-electron chi connectivity index (χ3n) is 0.674. The molecule has 0 spiro atoms. The Morgan fingerprint density at radius 3 is 1.67 bits per heavy atom. The van der Waals surface area contributed by atoms with Gasteiger partial charge in [0.25, 0.3) is 0 Å². The molecular formula is C10H23NO. The molecule has 0 radical (unpaired) electrons. The molecule has 1 N–H and O–H groups in total. The molecule has 74 valence electrons. The van der Waals surface area contributed by atoms with Gasteiger partial charge in [-0.2, -0.15) is 0 Å². The van der Waals surface area contributed by atoms with Crippen molar-refractivity contribution in [2.75, 3.05) is 0 Å². The van der Waals surface area contributed by atoms with Crippen molar-refractivity contribution in [1.29, 1.82) is 0 Å². The quantitative estimate of drug-likeness (QED) is 0.683. The van der Waals surface area contributed by atoms with Gasteiger partial charge in [0.05, 0.1) is 0 Å². The van der Waals surface area contributed by atoms with Crippen LogP contribution in [-0.2, 0) is 4.79 Å². The summed E-state index contributed by atoms with van der Waals surface area (Å²) in [5.41, 5.74) is 0.705. The summed E-state index contributed by atoms with van der Waals surface area (Å²) in [6.45, 7) is 15.1. The number of rotatable bonds is 2. The summed E-state index contributed by atoms with van der Waals surface area (Å²) in [5, 5.41) is 2.56. The molecule has 0 unspecified atom stereocenters. The third-order valence-corrected chi connectivity index (χ3v) is 0.674. The molecule has 0 bridgehead atoms. The van der Waals surface area contributed by atoms with E-state index in [0.717, 1.165) is 0 Å². The third kappa shape index (κ3) is 22.9. The first-order valence-corrected chi connectivity index (χ1v) is 4.62. The summed E-state index contributed by atoms with van der Waals surface area (Å²) >= 11 is 0. The van der Waals surface area contributed by atoms with E-state index >= 15 is 0 Å². The van der Waals surface area contributed by atoms with Gasteiger partial charge in [-0.15, -0.1) is 0 Å². The second-order valence-corrected chi connectivity index (χ2v) is 1.68. The number of allylic oxidation sites excluding steroid dienone is 1. The van der Waals surface area contributed by atoms with E-state index in [4.69, 9.17) is 0 Å². The first kappa shape index (κ1) is 17.3. The first-order chi connectivity index (χ1) is 5.66. The highest BCUT2D eigenvalue weighted by atomic mass is 16.1. The molecule has 0 atom stereocenters. The van der Waals surface area contributed by atoms with Gasteiger partial charge in [0.1, 0.15) is 0 Å². The summed E-state index contributed by atoms with van der Waals surface area (Å²) in [5.74, 6) is 0.0255. The van der Waals surface area contributed by atoms with Crippen LogP contribution in [0.3, 0.4) is 0 Å². The molecular weight excluding hydrogens is 150 g/mol. The van der Waals surface area contributed by atoms with Crippen molar-refractivity contribution >= 4 is 5.91 Å². The fourth-order valence-electron chi connectivity index (χ4n) is 0.326. The number of hydrogen-bond acceptors (Lipinski definition) is 1. The minimum atomic E-state index is 0.0255. The number of amides is 1. The van der Waals surface area contributed by atoms with Crippen molar-refractivity contribution in [3.8, 4) is 0 Å². The number of carbonyl (C=O) groups excluding carboxylic acids is 1. The fourth-order valence-corrected chi connectivity index (χ4v) is 0.326. The zero-order valence-electron chi connectivity index (χ0n) is 9.32. The van der Waals surface area contributed by atoms with Gasteiger partial charge in [0.15, 0.2) is 0 Å². The van der Waals surface area contributed by atoms with Crippen molar-refractivity contribution in [1.82, 2.24) is 5.32 Å². The molecule has 1 amide bonds. The molecule has 0 fully saturated rings. The van der Waals surface area contributed by atoms with Crippen LogP contribution in [0.15, 0.2) is 12.3 Å². The number of hydrogen-bond donors (Lipinski definition) is 1. The predicted octanol–water partition coefficient (Wildman–Crippen LogP) is 3.10. The average molecular weight is 173 g/mol. The minimum absolute atomic E-state index is 0.0255. The highest BCUT2D eigenvalue weighted by Gasteiger charge is 1.91. The molecule has 0 saturated carbocycles. The van der Waals surface area contributed by atoms with Crippen LogP contribution in [0, 0.1) is 0 Å². The second-order valence-electron chi connectivity index (χ2n) is 1.68. The topological polar surface area (TPSA) is 29.1 Å². The van der Waals surface area contributed by atoms with Crippen molar-refractivity contribution in [2.45, 2.75) is 48.0 Å². The smallest absolute Gasteiger partial charge is 0.223 e. The highest BCUT2D eigenvalue weighted by Crippen LogP contribution is 1.80. The number of carbonyl (C=O) groups is 1. The van der Waals surface area contributed by atoms with Gasteiger partial charge in [0.2, 0.25) is 5.91 Å². The summed E-state index contributed by atoms with van der Waals surface area (Å²) < 4.78 is 0. The summed E-state index contributed by atoms with van der Waals surface area (Å²) in [7, 11) is 0. The van der Waals surface area contributed by atoms with Crippen LogP contribution in [0.25, 0.3) is 0 Å². The Hall–Kier alpha value is -0.790. The molecule has 0 heterocycles. The SMILES string of the molecule is C=C(C)NC(=O)CC.CC.CC. The van der Waals surface area contributed by atoms with Gasteiger partial charge in [-0.25, -0.2) is 0 Å². The van der Waals surface area contributed by atoms with E-state index < -0.39 is 0 Å². The summed E-state index contributed by atoms with van der Waals surface area (Å²) in [6.07, 6.45) is 0.521. The lowest BCUT2D eigenvalue weighted by Gasteiger charge is -1.97. The van der Waals surface area contributed by atoms with Gasteiger partial charge in [-0.3, -0.25) is 4.79 Å². The molecule has 2 nitrogen and oxygen atoms in total. The van der Waals surface area contributed by atoms with E-state index in [1.54, 1.807) is 13.8 Å². The largest absolute Gasteiger partial charge is 0.331 e. The Bertz CT molecular complexity index is 108. The van der Waals surface area contributed by atoms with Crippen molar-refractivity contribution < 1.29 is 4.79 Å². The minimum Gasteiger partial charge on any atom is -0.331 e. The molecule has 0 aliphatic heterocycles. The van der Waals surface area contributed by atoms with Crippen LogP contribution in [0.1, 0.15) is 48.0 Å². The van der Waals surface area contributed by atoms with E-state index in [1.807, 2.05) is 27.7 Å². The zero-order chi connectivity index (χ0) is 10.6. The van der Waals surface area contributed by atoms with Gasteiger partial charge in [-0.05, 0) is 6.92 Å². The maximum absolute atomic E-state index is 10.5. The van der Waals surface area contributed by atoms with E-state index in [0.29, 0.717) is 12.1 Å². The Morgan fingerprint density at radius 1 is 1.25 bits per heavy atom. The monoisotopic (exact) mass is 173 g/mol. The molecule has 0 aromatic rings. The lowest BCUT2D eigenvalue weighted by Crippen LogP contribution is -2.18. The highest BCUT2D eigenvalue weighted by molar-refractivity contribution is 5.77. The molecule has 0 aliphatic carbocycles. The molecule has 0 aromatic heterocycles. The Kier molecular flexibility index (Phi) is 24.1. The standard InChI is InChI=1S/C6H11NO.2C2H6/c1-4-6(8)7-5(2)3;2*1-2/h2,4H2,1,3H3,(H,7,8);2*1-2H3. The fraction of sp³-hybridized carbons (Fsp3) is 0.700. The maximum atomic E-state index is 10.5. The van der Waals surface area contributed by atoms with Gasteiger partial charge in [0, 0.05) is 12.1 Å². The van der Waals surface area contributed by atoms with E-state index in [1.165, 1.54) is 0 Å². The van der Waals surface area contributed by atoms with Crippen LogP contribution in [0.4, 0.5) is 0 Å². The molecule has 12 heavy (non-hydrogen) atoms. The van der Waals surface area contributed by atoms with Crippen LogP contribution < -0.4 is 5.32 Å². The van der Waals surface area contributed by atoms with E-state index in [9.17, 15) is 4.79 Å². The normalized spacial score (nSPS) is 6.50. The number of nitrogens with one attached hydrogen (secondary N) is 1. The lowest BCUT2D eigenvalue weighted by atomic mass is 10.4. The Balaban J connectivity index is -0.000000175. The van der Waals surface area contributed by atoms with E-state index in [2.05, 4.69) is 11.9 Å². The van der Waals surface area contributed by atoms with Gasteiger partial charge in [-0.1, -0.05) is 41.2 Å². The average Bonchev–Trinajstić information content (AvgIpc) is 2.10. The molecule has 0 saturated heterocycles. The Morgan fingerprint density at radius 2 is 1.58 bits per heavy atom.